The van der Waals surface area contributed by atoms with Gasteiger partial charge in [0, 0.05) is 24.0 Å². The van der Waals surface area contributed by atoms with Gasteiger partial charge < -0.3 is 0 Å². The molecule has 0 aromatic heterocycles. The van der Waals surface area contributed by atoms with Crippen molar-refractivity contribution >= 4 is 11.5 Å². The summed E-state index contributed by atoms with van der Waals surface area (Å²) in [5, 5.41) is 0. The van der Waals surface area contributed by atoms with Crippen molar-refractivity contribution in [2.75, 3.05) is 0 Å². The van der Waals surface area contributed by atoms with E-state index in [4.69, 9.17) is 4.99 Å². The molecule has 0 aromatic rings. The van der Waals surface area contributed by atoms with E-state index < -0.39 is 0 Å². The van der Waals surface area contributed by atoms with E-state index in [2.05, 4.69) is 41.5 Å². The van der Waals surface area contributed by atoms with Gasteiger partial charge in [-0.25, -0.2) is 0 Å². The van der Waals surface area contributed by atoms with Gasteiger partial charge in [-0.1, -0.05) is 53.9 Å². The molecule has 4 aliphatic rings. The Kier molecular flexibility index (Phi) is 5.79. The van der Waals surface area contributed by atoms with Gasteiger partial charge in [-0.3, -0.25) is 9.79 Å². The topological polar surface area (TPSA) is 29.4 Å². The fraction of sp³-hybridized carbons (Fsp3) is 0.926. The van der Waals surface area contributed by atoms with Gasteiger partial charge in [0.25, 0.3) is 0 Å². The molecule has 0 unspecified atom stereocenters. The number of nitrogens with zero attached hydrogens (tertiary/aromatic N) is 1. The first-order valence-corrected chi connectivity index (χ1v) is 12.8. The number of carbonyl (C=O) groups excluding carboxylic acids is 1. The van der Waals surface area contributed by atoms with Crippen molar-refractivity contribution in [1.29, 1.82) is 0 Å². The standard InChI is InChI=1S/C27H45NO/c1-17(2)8-7-9-18(3)21-10-11-22-25-19(4)28-24-16-20(29)12-14-27(24,6)23(25)13-15-26(21,22)5/h17-19,21-23,25H,7-16H2,1-6H3/t18-,19+,21-,22+,23+,25+,26-,27-/m1/s1. The normalized spacial score (nSPS) is 45.4. The van der Waals surface area contributed by atoms with E-state index in [0.717, 1.165) is 48.3 Å². The molecule has 164 valence electrons. The van der Waals surface area contributed by atoms with Gasteiger partial charge in [-0.2, -0.15) is 0 Å². The van der Waals surface area contributed by atoms with Crippen LogP contribution in [0.4, 0.5) is 0 Å². The van der Waals surface area contributed by atoms with Gasteiger partial charge in [-0.15, -0.1) is 0 Å². The van der Waals surface area contributed by atoms with E-state index in [9.17, 15) is 4.79 Å². The number of rotatable bonds is 5. The smallest absolute Gasteiger partial charge is 0.138 e. The van der Waals surface area contributed by atoms with E-state index in [1.54, 1.807) is 0 Å². The molecule has 0 aromatic carbocycles. The zero-order valence-electron chi connectivity index (χ0n) is 20.0. The van der Waals surface area contributed by atoms with Crippen LogP contribution in [0.1, 0.15) is 106 Å². The maximum absolute atomic E-state index is 12.1. The second-order valence-electron chi connectivity index (χ2n) is 12.3. The van der Waals surface area contributed by atoms with Crippen molar-refractivity contribution in [2.24, 2.45) is 51.3 Å². The maximum atomic E-state index is 12.1. The van der Waals surface area contributed by atoms with Crippen molar-refractivity contribution in [2.45, 2.75) is 112 Å². The lowest BCUT2D eigenvalue weighted by atomic mass is 9.47. The summed E-state index contributed by atoms with van der Waals surface area (Å²) in [5.74, 6) is 5.36. The molecule has 8 atom stereocenters. The molecular formula is C27H45NO. The predicted molar refractivity (Wildman–Crippen MR) is 122 cm³/mol. The van der Waals surface area contributed by atoms with Crippen LogP contribution in [0, 0.1) is 46.3 Å². The van der Waals surface area contributed by atoms with Gasteiger partial charge in [0.05, 0.1) is 6.04 Å². The number of hydrogen-bond donors (Lipinski definition) is 0. The highest BCUT2D eigenvalue weighted by Crippen LogP contribution is 2.66. The van der Waals surface area contributed by atoms with Gasteiger partial charge in [0.1, 0.15) is 5.78 Å². The largest absolute Gasteiger partial charge is 0.299 e. The minimum absolute atomic E-state index is 0.202. The molecule has 0 amide bonds. The van der Waals surface area contributed by atoms with Crippen LogP contribution in [-0.4, -0.2) is 17.5 Å². The SMILES string of the molecule is CC(C)CCC[C@@H](C)[C@H]1CC[C@H]2[C@@H]3[C@H](C)N=C4CC(=O)CC[C@]4(C)[C@H]3CC[C@]12C. The molecule has 1 heterocycles. The monoisotopic (exact) mass is 399 g/mol. The van der Waals surface area contributed by atoms with Crippen LogP contribution in [0.5, 0.6) is 0 Å². The average molecular weight is 400 g/mol. The summed E-state index contributed by atoms with van der Waals surface area (Å²) in [5.41, 5.74) is 1.98. The van der Waals surface area contributed by atoms with Crippen molar-refractivity contribution in [3.8, 4) is 0 Å². The highest BCUT2D eigenvalue weighted by Gasteiger charge is 2.61. The molecule has 0 N–H and O–H groups in total. The molecule has 0 bridgehead atoms. The van der Waals surface area contributed by atoms with Crippen LogP contribution in [0.2, 0.25) is 0 Å². The maximum Gasteiger partial charge on any atom is 0.138 e. The van der Waals surface area contributed by atoms with E-state index in [1.165, 1.54) is 50.7 Å². The molecule has 0 radical (unpaired) electrons. The van der Waals surface area contributed by atoms with Gasteiger partial charge in [0.15, 0.2) is 0 Å². The zero-order valence-corrected chi connectivity index (χ0v) is 20.0. The molecule has 2 nitrogen and oxygen atoms in total. The first-order valence-electron chi connectivity index (χ1n) is 12.8. The number of ketones is 1. The zero-order chi connectivity index (χ0) is 21.0. The molecule has 0 spiro atoms. The van der Waals surface area contributed by atoms with Crippen LogP contribution in [0.15, 0.2) is 4.99 Å². The Labute approximate surface area is 179 Å². The van der Waals surface area contributed by atoms with Crippen LogP contribution in [-0.2, 0) is 4.79 Å². The molecule has 29 heavy (non-hydrogen) atoms. The van der Waals surface area contributed by atoms with E-state index >= 15 is 0 Å². The third kappa shape index (κ3) is 3.55. The van der Waals surface area contributed by atoms with Crippen LogP contribution in [0.3, 0.4) is 0 Å². The van der Waals surface area contributed by atoms with Crippen molar-refractivity contribution in [3.63, 3.8) is 0 Å². The Morgan fingerprint density at radius 1 is 1.03 bits per heavy atom. The fourth-order valence-corrected chi connectivity index (χ4v) is 8.58. The highest BCUT2D eigenvalue weighted by atomic mass is 16.1. The van der Waals surface area contributed by atoms with E-state index in [0.29, 0.717) is 23.7 Å². The summed E-state index contributed by atoms with van der Waals surface area (Å²) in [6, 6.07) is 0.411. The second kappa shape index (κ2) is 7.79. The number of aliphatic imine (C=N–C) groups is 1. The Morgan fingerprint density at radius 3 is 2.52 bits per heavy atom. The van der Waals surface area contributed by atoms with Crippen molar-refractivity contribution in [1.82, 2.24) is 0 Å². The Morgan fingerprint density at radius 2 is 1.79 bits per heavy atom. The fourth-order valence-electron chi connectivity index (χ4n) is 8.58. The average Bonchev–Trinajstić information content (AvgIpc) is 3.00. The molecule has 2 heteroatoms. The highest BCUT2D eigenvalue weighted by molar-refractivity contribution is 6.07. The van der Waals surface area contributed by atoms with Gasteiger partial charge >= 0.3 is 0 Å². The summed E-state index contributed by atoms with van der Waals surface area (Å²) in [4.78, 5) is 17.4. The quantitative estimate of drug-likeness (QED) is 0.484. The Hall–Kier alpha value is -0.660. The minimum Gasteiger partial charge on any atom is -0.299 e. The van der Waals surface area contributed by atoms with Crippen LogP contribution >= 0.6 is 0 Å². The second-order valence-corrected chi connectivity index (χ2v) is 12.3. The van der Waals surface area contributed by atoms with E-state index in [-0.39, 0.29) is 5.41 Å². The predicted octanol–water partition coefficient (Wildman–Crippen LogP) is 7.11. The van der Waals surface area contributed by atoms with Crippen LogP contribution < -0.4 is 0 Å². The van der Waals surface area contributed by atoms with Crippen molar-refractivity contribution < 1.29 is 4.79 Å². The molecular weight excluding hydrogens is 354 g/mol. The van der Waals surface area contributed by atoms with E-state index in [1.807, 2.05) is 0 Å². The summed E-state index contributed by atoms with van der Waals surface area (Å²) in [6.45, 7) is 14.8. The first-order chi connectivity index (χ1) is 13.7. The first kappa shape index (κ1) is 21.6. The molecule has 4 rings (SSSR count). The van der Waals surface area contributed by atoms with Crippen LogP contribution in [0.25, 0.3) is 0 Å². The lowest BCUT2D eigenvalue weighted by molar-refractivity contribution is -0.120. The molecule has 1 aliphatic heterocycles. The molecule has 3 aliphatic carbocycles. The summed E-state index contributed by atoms with van der Waals surface area (Å²) in [6.07, 6.45) is 12.3. The number of hydrogen-bond acceptors (Lipinski definition) is 2. The lowest BCUT2D eigenvalue weighted by Crippen LogP contribution is -2.56. The number of fused-ring (bicyclic) bond motifs is 5. The molecule has 0 saturated heterocycles. The Bertz CT molecular complexity index is 665. The van der Waals surface area contributed by atoms with Gasteiger partial charge in [0.2, 0.25) is 0 Å². The summed E-state index contributed by atoms with van der Waals surface area (Å²) in [7, 11) is 0. The Balaban J connectivity index is 1.54. The lowest BCUT2D eigenvalue weighted by Gasteiger charge is -2.58. The molecule has 3 saturated carbocycles. The molecule has 3 fully saturated rings. The number of Topliss-reactive ketones (excluding diaryl/α,β-unsaturated/α-hetero) is 1. The third-order valence-corrected chi connectivity index (χ3v) is 10.2. The number of carbonyl (C=O) groups is 1. The summed E-state index contributed by atoms with van der Waals surface area (Å²) < 4.78 is 0. The summed E-state index contributed by atoms with van der Waals surface area (Å²) >= 11 is 0. The van der Waals surface area contributed by atoms with Gasteiger partial charge in [-0.05, 0) is 80.0 Å². The third-order valence-electron chi connectivity index (χ3n) is 10.2. The minimum atomic E-state index is 0.202. The van der Waals surface area contributed by atoms with Crippen molar-refractivity contribution in [3.05, 3.63) is 0 Å².